The monoisotopic (exact) mass is 352 g/mol. The summed E-state index contributed by atoms with van der Waals surface area (Å²) in [7, 11) is 0. The highest BCUT2D eigenvalue weighted by atomic mass is 35.5. The van der Waals surface area contributed by atoms with Gasteiger partial charge in [-0.1, -0.05) is 23.2 Å². The molecule has 0 radical (unpaired) electrons. The van der Waals surface area contributed by atoms with Crippen molar-refractivity contribution >= 4 is 40.7 Å². The van der Waals surface area contributed by atoms with E-state index in [9.17, 15) is 4.79 Å². The maximum absolute atomic E-state index is 12.2. The lowest BCUT2D eigenvalue weighted by Gasteiger charge is -2.26. The zero-order valence-corrected chi connectivity index (χ0v) is 13.6. The molecule has 1 aliphatic rings. The van der Waals surface area contributed by atoms with Crippen molar-refractivity contribution in [2.75, 3.05) is 36.5 Å². The quantitative estimate of drug-likeness (QED) is 0.919. The molecule has 1 N–H and O–H groups in total. The van der Waals surface area contributed by atoms with E-state index in [-0.39, 0.29) is 5.91 Å². The molecular weight excluding hydrogens is 339 g/mol. The summed E-state index contributed by atoms with van der Waals surface area (Å²) in [5.74, 6) is 0.244. The number of aromatic nitrogens is 2. The second-order valence-electron chi connectivity index (χ2n) is 4.95. The van der Waals surface area contributed by atoms with Gasteiger partial charge in [-0.25, -0.2) is 9.97 Å². The highest BCUT2D eigenvalue weighted by Gasteiger charge is 2.15. The Labute approximate surface area is 143 Å². The summed E-state index contributed by atoms with van der Waals surface area (Å²) in [5.41, 5.74) is 0.791. The first-order chi connectivity index (χ1) is 11.1. The van der Waals surface area contributed by atoms with Gasteiger partial charge in [0.1, 0.15) is 0 Å². The van der Waals surface area contributed by atoms with Crippen LogP contribution in [0.15, 0.2) is 30.6 Å². The Morgan fingerprint density at radius 3 is 2.57 bits per heavy atom. The molecule has 0 aliphatic carbocycles. The molecule has 2 heterocycles. The molecule has 1 amide bonds. The minimum absolute atomic E-state index is 0.345. The number of anilines is 2. The van der Waals surface area contributed by atoms with Crippen molar-refractivity contribution in [1.29, 1.82) is 0 Å². The van der Waals surface area contributed by atoms with Gasteiger partial charge in [0.05, 0.1) is 29.5 Å². The molecule has 0 unspecified atom stereocenters. The van der Waals surface area contributed by atoms with Gasteiger partial charge in [-0.05, 0) is 18.2 Å². The number of nitrogens with zero attached hydrogens (tertiary/aromatic N) is 3. The van der Waals surface area contributed by atoms with E-state index < -0.39 is 0 Å². The zero-order valence-electron chi connectivity index (χ0n) is 12.1. The van der Waals surface area contributed by atoms with E-state index in [4.69, 9.17) is 27.9 Å². The maximum Gasteiger partial charge on any atom is 0.258 e. The molecule has 120 valence electrons. The summed E-state index contributed by atoms with van der Waals surface area (Å²) in [6.07, 6.45) is 2.98. The Hall–Kier alpha value is -1.89. The SMILES string of the molecule is O=C(Nc1cc(Cl)ccc1Cl)c1cnc(N2CCOCC2)nc1. The van der Waals surface area contributed by atoms with E-state index in [1.807, 2.05) is 4.90 Å². The molecule has 0 spiro atoms. The lowest BCUT2D eigenvalue weighted by Crippen LogP contribution is -2.37. The van der Waals surface area contributed by atoms with Gasteiger partial charge in [-0.15, -0.1) is 0 Å². The van der Waals surface area contributed by atoms with Crippen LogP contribution in [0, 0.1) is 0 Å². The maximum atomic E-state index is 12.2. The fourth-order valence-electron chi connectivity index (χ4n) is 2.15. The van der Waals surface area contributed by atoms with Crippen LogP contribution >= 0.6 is 23.2 Å². The molecule has 1 aromatic heterocycles. The molecule has 2 aromatic rings. The van der Waals surface area contributed by atoms with Crippen molar-refractivity contribution in [3.05, 3.63) is 46.2 Å². The molecule has 0 bridgehead atoms. The van der Waals surface area contributed by atoms with E-state index in [1.54, 1.807) is 18.2 Å². The van der Waals surface area contributed by atoms with Gasteiger partial charge in [0.2, 0.25) is 5.95 Å². The molecule has 0 atom stereocenters. The second-order valence-corrected chi connectivity index (χ2v) is 5.79. The van der Waals surface area contributed by atoms with Gasteiger partial charge < -0.3 is 15.0 Å². The van der Waals surface area contributed by atoms with E-state index >= 15 is 0 Å². The molecular formula is C15H14Cl2N4O2. The fourth-order valence-corrected chi connectivity index (χ4v) is 2.49. The number of nitrogens with one attached hydrogen (secondary N) is 1. The van der Waals surface area contributed by atoms with Crippen LogP contribution in [0.25, 0.3) is 0 Å². The highest BCUT2D eigenvalue weighted by molar-refractivity contribution is 6.35. The van der Waals surface area contributed by atoms with Gasteiger partial charge in [0, 0.05) is 30.5 Å². The van der Waals surface area contributed by atoms with Gasteiger partial charge in [0.25, 0.3) is 5.91 Å². The summed E-state index contributed by atoms with van der Waals surface area (Å²) in [6, 6.07) is 4.86. The van der Waals surface area contributed by atoms with Gasteiger partial charge in [-0.2, -0.15) is 0 Å². The van der Waals surface area contributed by atoms with Crippen LogP contribution in [0.4, 0.5) is 11.6 Å². The number of hydrogen-bond donors (Lipinski definition) is 1. The summed E-state index contributed by atoms with van der Waals surface area (Å²) in [4.78, 5) is 22.7. The van der Waals surface area contributed by atoms with Crippen LogP contribution in [0.3, 0.4) is 0 Å². The van der Waals surface area contributed by atoms with Crippen molar-refractivity contribution in [1.82, 2.24) is 9.97 Å². The summed E-state index contributed by atoms with van der Waals surface area (Å²) in [5, 5.41) is 3.60. The molecule has 1 saturated heterocycles. The van der Waals surface area contributed by atoms with Crippen LogP contribution in [0.2, 0.25) is 10.0 Å². The third kappa shape index (κ3) is 3.90. The normalized spacial score (nSPS) is 14.6. The number of amides is 1. The van der Waals surface area contributed by atoms with E-state index in [2.05, 4.69) is 15.3 Å². The number of halogens is 2. The largest absolute Gasteiger partial charge is 0.378 e. The first kappa shape index (κ1) is 16.0. The number of carbonyl (C=O) groups excluding carboxylic acids is 1. The predicted molar refractivity (Wildman–Crippen MR) is 89.5 cm³/mol. The van der Waals surface area contributed by atoms with Crippen LogP contribution in [0.5, 0.6) is 0 Å². The summed E-state index contributed by atoms with van der Waals surface area (Å²) >= 11 is 11.9. The van der Waals surface area contributed by atoms with Crippen molar-refractivity contribution in [2.45, 2.75) is 0 Å². The average Bonchev–Trinajstić information content (AvgIpc) is 2.59. The van der Waals surface area contributed by atoms with E-state index in [0.29, 0.717) is 40.5 Å². The Morgan fingerprint density at radius 2 is 1.87 bits per heavy atom. The van der Waals surface area contributed by atoms with Crippen LogP contribution in [-0.2, 0) is 4.74 Å². The third-order valence-electron chi connectivity index (χ3n) is 3.37. The molecule has 6 nitrogen and oxygen atoms in total. The molecule has 1 fully saturated rings. The number of rotatable bonds is 3. The van der Waals surface area contributed by atoms with Crippen LogP contribution in [-0.4, -0.2) is 42.2 Å². The Kier molecular flexibility index (Phi) is 4.95. The first-order valence-electron chi connectivity index (χ1n) is 7.04. The van der Waals surface area contributed by atoms with Gasteiger partial charge >= 0.3 is 0 Å². The van der Waals surface area contributed by atoms with E-state index in [0.717, 1.165) is 13.1 Å². The minimum Gasteiger partial charge on any atom is -0.378 e. The summed E-state index contributed by atoms with van der Waals surface area (Å²) in [6.45, 7) is 2.78. The van der Waals surface area contributed by atoms with Gasteiger partial charge in [-0.3, -0.25) is 4.79 Å². The first-order valence-corrected chi connectivity index (χ1v) is 7.80. The zero-order chi connectivity index (χ0) is 16.2. The molecule has 0 saturated carbocycles. The van der Waals surface area contributed by atoms with Crippen LogP contribution < -0.4 is 10.2 Å². The standard InChI is InChI=1S/C15H14Cl2N4O2/c16-11-1-2-12(17)13(7-11)20-14(22)10-8-18-15(19-9-10)21-3-5-23-6-4-21/h1-2,7-9H,3-6H2,(H,20,22). The number of morpholine rings is 1. The highest BCUT2D eigenvalue weighted by Crippen LogP contribution is 2.25. The number of hydrogen-bond acceptors (Lipinski definition) is 5. The van der Waals surface area contributed by atoms with E-state index in [1.165, 1.54) is 12.4 Å². The van der Waals surface area contributed by atoms with Gasteiger partial charge in [0.15, 0.2) is 0 Å². The number of ether oxygens (including phenoxy) is 1. The average molecular weight is 353 g/mol. The smallest absolute Gasteiger partial charge is 0.258 e. The Morgan fingerprint density at radius 1 is 1.17 bits per heavy atom. The Balaban J connectivity index is 1.71. The van der Waals surface area contributed by atoms with Crippen LogP contribution in [0.1, 0.15) is 10.4 Å². The lowest BCUT2D eigenvalue weighted by molar-refractivity contribution is 0.102. The molecule has 1 aliphatic heterocycles. The minimum atomic E-state index is -0.345. The molecule has 3 rings (SSSR count). The van der Waals surface area contributed by atoms with Crippen molar-refractivity contribution < 1.29 is 9.53 Å². The third-order valence-corrected chi connectivity index (χ3v) is 3.94. The summed E-state index contributed by atoms with van der Waals surface area (Å²) < 4.78 is 5.29. The Bertz CT molecular complexity index is 703. The number of carbonyl (C=O) groups is 1. The lowest BCUT2D eigenvalue weighted by atomic mass is 10.2. The molecule has 23 heavy (non-hydrogen) atoms. The topological polar surface area (TPSA) is 67.4 Å². The molecule has 8 heteroatoms. The van der Waals surface area contributed by atoms with Crippen molar-refractivity contribution in [2.24, 2.45) is 0 Å². The second kappa shape index (κ2) is 7.12. The number of benzene rings is 1. The fraction of sp³-hybridized carbons (Fsp3) is 0.267. The van der Waals surface area contributed by atoms with Crippen molar-refractivity contribution in [3.8, 4) is 0 Å². The van der Waals surface area contributed by atoms with Crippen molar-refractivity contribution in [3.63, 3.8) is 0 Å². The molecule has 1 aromatic carbocycles. The predicted octanol–water partition coefficient (Wildman–Crippen LogP) is 2.87.